The van der Waals surface area contributed by atoms with Gasteiger partial charge in [-0.05, 0) is 19.8 Å². The van der Waals surface area contributed by atoms with Crippen LogP contribution in [-0.2, 0) is 0 Å². The molecule has 96 valence electrons. The van der Waals surface area contributed by atoms with E-state index in [1.807, 2.05) is 0 Å². The molecular weight excluding hydrogens is 218 g/mol. The van der Waals surface area contributed by atoms with E-state index in [2.05, 4.69) is 35.8 Å². The predicted octanol–water partition coefficient (Wildman–Crippen LogP) is 1.71. The molecule has 5 heteroatoms. The fourth-order valence-corrected chi connectivity index (χ4v) is 2.08. The minimum atomic E-state index is -0.146. The van der Waals surface area contributed by atoms with E-state index in [0.717, 1.165) is 31.8 Å². The van der Waals surface area contributed by atoms with Crippen LogP contribution in [-0.4, -0.2) is 39.3 Å². The van der Waals surface area contributed by atoms with Gasteiger partial charge in [-0.3, -0.25) is 4.90 Å². The molecule has 0 aromatic carbocycles. The molecule has 0 radical (unpaired) electrons. The topological polar surface area (TPSA) is 62.4 Å². The molecule has 5 nitrogen and oxygen atoms in total. The van der Waals surface area contributed by atoms with Gasteiger partial charge < -0.3 is 9.63 Å². The first-order valence-electron chi connectivity index (χ1n) is 6.33. The lowest BCUT2D eigenvalue weighted by molar-refractivity contribution is 0.0564. The fraction of sp³-hybridized carbons (Fsp3) is 0.833. The molecule has 1 aromatic rings. The summed E-state index contributed by atoms with van der Waals surface area (Å²) in [5.41, 5.74) is 0. The van der Waals surface area contributed by atoms with Crippen molar-refractivity contribution in [2.75, 3.05) is 13.1 Å². The van der Waals surface area contributed by atoms with Crippen LogP contribution in [0, 0.1) is 0 Å². The van der Waals surface area contributed by atoms with Gasteiger partial charge in [-0.15, -0.1) is 0 Å². The van der Waals surface area contributed by atoms with Gasteiger partial charge in [0.1, 0.15) is 0 Å². The molecule has 0 unspecified atom stereocenters. The van der Waals surface area contributed by atoms with Gasteiger partial charge in [0.05, 0.1) is 12.1 Å². The number of piperidine rings is 1. The molecule has 0 amide bonds. The highest BCUT2D eigenvalue weighted by Gasteiger charge is 2.26. The molecule has 1 aliphatic rings. The van der Waals surface area contributed by atoms with E-state index < -0.39 is 0 Å². The predicted molar refractivity (Wildman–Crippen MR) is 63.6 cm³/mol. The van der Waals surface area contributed by atoms with Gasteiger partial charge in [0.25, 0.3) is 0 Å². The summed E-state index contributed by atoms with van der Waals surface area (Å²) in [6, 6.07) is 0.141. The van der Waals surface area contributed by atoms with Crippen LogP contribution in [0.25, 0.3) is 0 Å². The number of aromatic nitrogens is 2. The molecule has 1 N–H and O–H groups in total. The second-order valence-corrected chi connectivity index (χ2v) is 5.09. The number of nitrogens with zero attached hydrogens (tertiary/aromatic N) is 3. The molecule has 17 heavy (non-hydrogen) atoms. The molecule has 0 spiro atoms. The van der Waals surface area contributed by atoms with Crippen LogP contribution in [0.2, 0.25) is 0 Å². The summed E-state index contributed by atoms with van der Waals surface area (Å²) in [6.45, 7) is 7.96. The van der Waals surface area contributed by atoms with Crippen molar-refractivity contribution in [1.29, 1.82) is 0 Å². The Balaban J connectivity index is 2.01. The first-order chi connectivity index (χ1) is 8.08. The molecule has 1 saturated heterocycles. The van der Waals surface area contributed by atoms with E-state index in [0.29, 0.717) is 11.8 Å². The lowest BCUT2D eigenvalue weighted by atomic mass is 10.1. The van der Waals surface area contributed by atoms with Gasteiger partial charge in [-0.2, -0.15) is 4.98 Å². The van der Waals surface area contributed by atoms with Gasteiger partial charge in [0.2, 0.25) is 5.89 Å². The van der Waals surface area contributed by atoms with Crippen LogP contribution in [0.1, 0.15) is 57.3 Å². The van der Waals surface area contributed by atoms with Crippen molar-refractivity contribution in [3.8, 4) is 0 Å². The standard InChI is InChI=1S/C12H21N3O2/c1-8(2)11-13-12(17-14-11)9(3)15-6-4-10(16)5-7-15/h8-10,16H,4-7H2,1-3H3/t9-/m0/s1. The monoisotopic (exact) mass is 239 g/mol. The Hall–Kier alpha value is -0.940. The number of hydrogen-bond donors (Lipinski definition) is 1. The Morgan fingerprint density at radius 2 is 1.94 bits per heavy atom. The Bertz CT molecular complexity index is 356. The summed E-state index contributed by atoms with van der Waals surface area (Å²) in [5, 5.41) is 13.5. The molecular formula is C12H21N3O2. The lowest BCUT2D eigenvalue weighted by Gasteiger charge is -2.32. The summed E-state index contributed by atoms with van der Waals surface area (Å²) in [5.74, 6) is 1.75. The average Bonchev–Trinajstić information content (AvgIpc) is 2.78. The van der Waals surface area contributed by atoms with Crippen molar-refractivity contribution < 1.29 is 9.63 Å². The van der Waals surface area contributed by atoms with Gasteiger partial charge in [-0.25, -0.2) is 0 Å². The largest absolute Gasteiger partial charge is 0.393 e. The molecule has 0 aliphatic carbocycles. The Labute approximate surface area is 102 Å². The molecule has 2 heterocycles. The maximum absolute atomic E-state index is 9.48. The third-order valence-corrected chi connectivity index (χ3v) is 3.38. The maximum atomic E-state index is 9.48. The highest BCUT2D eigenvalue weighted by atomic mass is 16.5. The number of likely N-dealkylation sites (tertiary alicyclic amines) is 1. The van der Waals surface area contributed by atoms with E-state index in [9.17, 15) is 5.11 Å². The fourth-order valence-electron chi connectivity index (χ4n) is 2.08. The van der Waals surface area contributed by atoms with Gasteiger partial charge in [-0.1, -0.05) is 19.0 Å². The number of aliphatic hydroxyl groups excluding tert-OH is 1. The molecule has 1 aromatic heterocycles. The zero-order chi connectivity index (χ0) is 12.4. The molecule has 0 bridgehead atoms. The smallest absolute Gasteiger partial charge is 0.243 e. The van der Waals surface area contributed by atoms with E-state index >= 15 is 0 Å². The lowest BCUT2D eigenvalue weighted by Crippen LogP contribution is -2.37. The first kappa shape index (κ1) is 12.5. The summed E-state index contributed by atoms with van der Waals surface area (Å²) in [4.78, 5) is 6.70. The van der Waals surface area contributed by atoms with Crippen molar-refractivity contribution in [2.24, 2.45) is 0 Å². The second-order valence-electron chi connectivity index (χ2n) is 5.09. The molecule has 0 saturated carbocycles. The van der Waals surface area contributed by atoms with E-state index in [1.54, 1.807) is 0 Å². The van der Waals surface area contributed by atoms with Crippen LogP contribution >= 0.6 is 0 Å². The van der Waals surface area contributed by atoms with Crippen LogP contribution < -0.4 is 0 Å². The maximum Gasteiger partial charge on any atom is 0.243 e. The minimum absolute atomic E-state index is 0.141. The van der Waals surface area contributed by atoms with Gasteiger partial charge in [0, 0.05) is 19.0 Å². The summed E-state index contributed by atoms with van der Waals surface area (Å²) in [7, 11) is 0. The number of hydrogen-bond acceptors (Lipinski definition) is 5. The summed E-state index contributed by atoms with van der Waals surface area (Å²) in [6.07, 6.45) is 1.51. The average molecular weight is 239 g/mol. The Morgan fingerprint density at radius 3 is 2.47 bits per heavy atom. The molecule has 1 fully saturated rings. The van der Waals surface area contributed by atoms with Crippen molar-refractivity contribution in [3.63, 3.8) is 0 Å². The van der Waals surface area contributed by atoms with Crippen LogP contribution in [0.4, 0.5) is 0 Å². The van der Waals surface area contributed by atoms with Crippen LogP contribution in [0.15, 0.2) is 4.52 Å². The quantitative estimate of drug-likeness (QED) is 0.870. The van der Waals surface area contributed by atoms with Crippen molar-refractivity contribution in [1.82, 2.24) is 15.0 Å². The van der Waals surface area contributed by atoms with Gasteiger partial charge >= 0.3 is 0 Å². The first-order valence-corrected chi connectivity index (χ1v) is 6.33. The Kier molecular flexibility index (Phi) is 3.79. The Morgan fingerprint density at radius 1 is 1.29 bits per heavy atom. The van der Waals surface area contributed by atoms with E-state index in [-0.39, 0.29) is 12.1 Å². The summed E-state index contributed by atoms with van der Waals surface area (Å²) < 4.78 is 5.30. The molecule has 2 rings (SSSR count). The molecule has 1 aliphatic heterocycles. The number of rotatable bonds is 3. The molecule has 1 atom stereocenters. The zero-order valence-electron chi connectivity index (χ0n) is 10.8. The zero-order valence-corrected chi connectivity index (χ0v) is 10.8. The second kappa shape index (κ2) is 5.14. The van der Waals surface area contributed by atoms with E-state index in [4.69, 9.17) is 4.52 Å². The number of aliphatic hydroxyl groups is 1. The minimum Gasteiger partial charge on any atom is -0.393 e. The van der Waals surface area contributed by atoms with Crippen molar-refractivity contribution >= 4 is 0 Å². The SMILES string of the molecule is CC(C)c1noc([C@H](C)N2CCC(O)CC2)n1. The van der Waals surface area contributed by atoms with Crippen LogP contribution in [0.5, 0.6) is 0 Å². The highest BCUT2D eigenvalue weighted by Crippen LogP contribution is 2.24. The summed E-state index contributed by atoms with van der Waals surface area (Å²) >= 11 is 0. The normalized spacial score (nSPS) is 21.0. The highest BCUT2D eigenvalue weighted by molar-refractivity contribution is 4.96. The van der Waals surface area contributed by atoms with E-state index in [1.165, 1.54) is 0 Å². The third-order valence-electron chi connectivity index (χ3n) is 3.38. The van der Waals surface area contributed by atoms with Crippen molar-refractivity contribution in [3.05, 3.63) is 11.7 Å². The van der Waals surface area contributed by atoms with Crippen LogP contribution in [0.3, 0.4) is 0 Å². The third kappa shape index (κ3) is 2.84. The van der Waals surface area contributed by atoms with Gasteiger partial charge in [0.15, 0.2) is 5.82 Å². The van der Waals surface area contributed by atoms with Crippen molar-refractivity contribution in [2.45, 2.75) is 51.7 Å².